The Morgan fingerprint density at radius 1 is 0.375 bits per heavy atom. The van der Waals surface area contributed by atoms with E-state index in [0.29, 0.717) is 28.9 Å². The van der Waals surface area contributed by atoms with Gasteiger partial charge in [0.2, 0.25) is 0 Å². The van der Waals surface area contributed by atoms with Gasteiger partial charge in [0, 0.05) is 105 Å². The first-order valence-electron chi connectivity index (χ1n) is 20.5. The third kappa shape index (κ3) is 5.95. The molecule has 0 aliphatic rings. The first kappa shape index (κ1) is 36.5. The molecule has 12 aromatic rings. The first-order valence-corrected chi connectivity index (χ1v) is 20.5. The largest absolute Gasteiger partial charge is 0.307 e. The summed E-state index contributed by atoms with van der Waals surface area (Å²) in [7, 11) is 0. The van der Waals surface area contributed by atoms with E-state index in [1.54, 1.807) is 49.6 Å². The molecule has 12 rings (SSSR count). The Morgan fingerprint density at radius 3 is 1.03 bits per heavy atom. The molecule has 0 amide bonds. The summed E-state index contributed by atoms with van der Waals surface area (Å²) in [5.41, 5.74) is 10.5. The van der Waals surface area contributed by atoms with E-state index in [2.05, 4.69) is 128 Å². The fourth-order valence-corrected chi connectivity index (χ4v) is 8.76. The molecule has 0 atom stereocenters. The maximum absolute atomic E-state index is 10.8. The summed E-state index contributed by atoms with van der Waals surface area (Å²) >= 11 is 0. The van der Waals surface area contributed by atoms with Crippen molar-refractivity contribution in [2.24, 2.45) is 0 Å². The predicted octanol–water partition coefficient (Wildman–Crippen LogP) is 10.6. The molecule has 0 spiro atoms. The molecule has 7 heterocycles. The van der Waals surface area contributed by atoms with Crippen molar-refractivity contribution in [2.75, 3.05) is 0 Å². The van der Waals surface area contributed by atoms with E-state index in [4.69, 9.17) is 4.98 Å². The molecule has 0 aliphatic carbocycles. The molecule has 0 aliphatic heterocycles. The van der Waals surface area contributed by atoms with Crippen molar-refractivity contribution in [3.8, 4) is 74.1 Å². The smallest absolute Gasteiger partial charge is 0.159 e. The van der Waals surface area contributed by atoms with Crippen molar-refractivity contribution >= 4 is 43.6 Å². The number of pyridine rings is 1. The normalized spacial score (nSPS) is 11.4. The zero-order valence-corrected chi connectivity index (χ0v) is 33.7. The van der Waals surface area contributed by atoms with Crippen molar-refractivity contribution in [3.05, 3.63) is 189 Å². The zero-order chi connectivity index (χ0) is 42.6. The number of hydrogen-bond donors (Lipinski definition) is 0. The van der Waals surface area contributed by atoms with E-state index < -0.39 is 0 Å². The number of hydrogen-bond acceptors (Lipinski definition) is 10. The fraction of sp³-hybridized carbons (Fsp3) is 0. The van der Waals surface area contributed by atoms with Crippen LogP contribution in [0.5, 0.6) is 0 Å². The van der Waals surface area contributed by atoms with Gasteiger partial charge in [-0.1, -0.05) is 66.7 Å². The quantitative estimate of drug-likeness (QED) is 0.152. The van der Waals surface area contributed by atoms with Crippen LogP contribution in [0.3, 0.4) is 0 Å². The lowest BCUT2D eigenvalue weighted by atomic mass is 9.97. The van der Waals surface area contributed by atoms with Crippen molar-refractivity contribution in [3.63, 3.8) is 0 Å². The summed E-state index contributed by atoms with van der Waals surface area (Å²) in [6, 6.07) is 42.6. The van der Waals surface area contributed by atoms with Crippen LogP contribution in [0.1, 0.15) is 5.56 Å². The Bertz CT molecular complexity index is 3380. The van der Waals surface area contributed by atoms with Gasteiger partial charge in [0.05, 0.1) is 57.5 Å². The summed E-state index contributed by atoms with van der Waals surface area (Å²) in [5, 5.41) is 14.9. The van der Waals surface area contributed by atoms with Crippen LogP contribution in [-0.4, -0.2) is 54.0 Å². The SMILES string of the molecule is N#Cc1ccccc1-c1c(-n2c3cc(-c4ncccn4)ccc3c3ccc(-c4ncccn4)cc32)cncc1-n1c2cc(-c3ncccn3)ccc2c2ccc(-c3ncccn3)cc21. The third-order valence-corrected chi connectivity index (χ3v) is 11.5. The van der Waals surface area contributed by atoms with Gasteiger partial charge >= 0.3 is 0 Å². The Labute approximate surface area is 364 Å². The van der Waals surface area contributed by atoms with E-state index in [1.807, 2.05) is 60.9 Å². The van der Waals surface area contributed by atoms with Crippen LogP contribution in [0, 0.1) is 11.3 Å². The lowest BCUT2D eigenvalue weighted by Crippen LogP contribution is -2.06. The number of fused-ring (bicyclic) bond motifs is 6. The Balaban J connectivity index is 1.23. The number of rotatable bonds is 7. The van der Waals surface area contributed by atoms with Gasteiger partial charge in [0.1, 0.15) is 0 Å². The lowest BCUT2D eigenvalue weighted by Gasteiger charge is -2.20. The second-order valence-electron chi connectivity index (χ2n) is 15.1. The van der Waals surface area contributed by atoms with Crippen molar-refractivity contribution in [2.45, 2.75) is 0 Å². The van der Waals surface area contributed by atoms with Gasteiger partial charge in [-0.15, -0.1) is 0 Å². The molecular weight excluding hydrogens is 793 g/mol. The lowest BCUT2D eigenvalue weighted by molar-refractivity contribution is 1.09. The van der Waals surface area contributed by atoms with Gasteiger partial charge in [-0.25, -0.2) is 39.9 Å². The Hall–Kier alpha value is -9.34. The molecule has 12 nitrogen and oxygen atoms in total. The minimum Gasteiger partial charge on any atom is -0.307 e. The monoisotopic (exact) mass is 822 g/mol. The van der Waals surface area contributed by atoms with Crippen molar-refractivity contribution in [1.82, 2.24) is 54.0 Å². The molecule has 0 saturated carbocycles. The number of nitriles is 1. The molecule has 5 aromatic carbocycles. The first-order chi connectivity index (χ1) is 31.7. The van der Waals surface area contributed by atoms with Crippen LogP contribution in [0.4, 0.5) is 0 Å². The maximum atomic E-state index is 10.8. The van der Waals surface area contributed by atoms with E-state index in [-0.39, 0.29) is 0 Å². The highest BCUT2D eigenvalue weighted by Crippen LogP contribution is 2.44. The highest BCUT2D eigenvalue weighted by Gasteiger charge is 2.25. The zero-order valence-electron chi connectivity index (χ0n) is 33.7. The van der Waals surface area contributed by atoms with E-state index in [1.165, 1.54) is 0 Å². The van der Waals surface area contributed by atoms with Crippen LogP contribution in [0.2, 0.25) is 0 Å². The second kappa shape index (κ2) is 15.0. The van der Waals surface area contributed by atoms with E-state index in [9.17, 15) is 5.26 Å². The molecular formula is C52H30N12. The predicted molar refractivity (Wildman–Crippen MR) is 247 cm³/mol. The van der Waals surface area contributed by atoms with Crippen molar-refractivity contribution in [1.29, 1.82) is 5.26 Å². The summed E-state index contributed by atoms with van der Waals surface area (Å²) in [4.78, 5) is 42.0. The minimum absolute atomic E-state index is 0.506. The average molecular weight is 823 g/mol. The van der Waals surface area contributed by atoms with Crippen LogP contribution in [0.25, 0.3) is 112 Å². The molecule has 0 saturated heterocycles. The van der Waals surface area contributed by atoms with Gasteiger partial charge in [-0.3, -0.25) is 4.98 Å². The number of aromatic nitrogens is 11. The summed E-state index contributed by atoms with van der Waals surface area (Å²) in [5.74, 6) is 2.40. The van der Waals surface area contributed by atoms with Gasteiger partial charge in [-0.05, 0) is 54.6 Å². The Morgan fingerprint density at radius 2 is 0.703 bits per heavy atom. The van der Waals surface area contributed by atoms with Crippen molar-refractivity contribution < 1.29 is 0 Å². The Kier molecular flexibility index (Phi) is 8.55. The highest BCUT2D eigenvalue weighted by atomic mass is 15.0. The number of nitrogens with zero attached hydrogens (tertiary/aromatic N) is 12. The summed E-state index contributed by atoms with van der Waals surface area (Å²) < 4.78 is 4.45. The summed E-state index contributed by atoms with van der Waals surface area (Å²) in [6.07, 6.45) is 17.7. The molecule has 298 valence electrons. The molecule has 64 heavy (non-hydrogen) atoms. The minimum atomic E-state index is 0.506. The van der Waals surface area contributed by atoms with Gasteiger partial charge < -0.3 is 9.13 Å². The molecule has 0 bridgehead atoms. The summed E-state index contributed by atoms with van der Waals surface area (Å²) in [6.45, 7) is 0. The molecule has 0 unspecified atom stereocenters. The standard InChI is InChI=1S/C52H30N12/c53-29-36-7-1-2-8-37(36)48-46(63-42-25-32(49-55-17-3-18-56-49)9-13-38(42)39-14-10-33(26-43(39)63)50-57-19-4-20-58-50)30-54-31-47(48)64-44-27-34(51-59-21-5-22-60-51)11-15-40(44)41-16-12-35(28-45(41)64)52-61-23-6-24-62-52/h1-28,30-31H. The molecule has 0 N–H and O–H groups in total. The maximum Gasteiger partial charge on any atom is 0.159 e. The van der Waals surface area contributed by atoms with Crippen LogP contribution in [-0.2, 0) is 0 Å². The van der Waals surface area contributed by atoms with Gasteiger partial charge in [0.25, 0.3) is 0 Å². The van der Waals surface area contributed by atoms with E-state index in [0.717, 1.165) is 88.4 Å². The second-order valence-corrected chi connectivity index (χ2v) is 15.1. The molecule has 0 fully saturated rings. The third-order valence-electron chi connectivity index (χ3n) is 11.5. The number of benzene rings is 5. The van der Waals surface area contributed by atoms with Crippen LogP contribution in [0.15, 0.2) is 183 Å². The average Bonchev–Trinajstić information content (AvgIpc) is 3.88. The van der Waals surface area contributed by atoms with E-state index >= 15 is 0 Å². The van der Waals surface area contributed by atoms with Gasteiger partial charge in [-0.2, -0.15) is 5.26 Å². The molecule has 12 heteroatoms. The molecule has 0 radical (unpaired) electrons. The fourth-order valence-electron chi connectivity index (χ4n) is 8.76. The van der Waals surface area contributed by atoms with Gasteiger partial charge in [0.15, 0.2) is 23.3 Å². The van der Waals surface area contributed by atoms with Crippen LogP contribution < -0.4 is 0 Å². The topological polar surface area (TPSA) is 150 Å². The molecule has 7 aromatic heterocycles. The highest BCUT2D eigenvalue weighted by molar-refractivity contribution is 6.13. The van der Waals surface area contributed by atoms with Crippen LogP contribution >= 0.6 is 0 Å².